The fourth-order valence-corrected chi connectivity index (χ4v) is 3.00. The average Bonchev–Trinajstić information content (AvgIpc) is 2.35. The highest BCUT2D eigenvalue weighted by Gasteiger charge is 2.18. The molecule has 1 amide bonds. The van der Waals surface area contributed by atoms with E-state index in [1.165, 1.54) is 5.56 Å². The van der Waals surface area contributed by atoms with Gasteiger partial charge in [-0.2, -0.15) is 0 Å². The van der Waals surface area contributed by atoms with Crippen molar-refractivity contribution in [1.29, 1.82) is 0 Å². The number of hydrogen-bond donors (Lipinski definition) is 2. The third-order valence-electron chi connectivity index (χ3n) is 3.11. The maximum absolute atomic E-state index is 12.0. The van der Waals surface area contributed by atoms with Gasteiger partial charge in [0.25, 0.3) is 0 Å². The summed E-state index contributed by atoms with van der Waals surface area (Å²) < 4.78 is 6.45. The van der Waals surface area contributed by atoms with Gasteiger partial charge in [0.1, 0.15) is 0 Å². The summed E-state index contributed by atoms with van der Waals surface area (Å²) in [6.45, 7) is 6.30. The molecule has 5 heteroatoms. The molecular formula is C14H19BrN2O2. The zero-order valence-corrected chi connectivity index (χ0v) is 12.8. The van der Waals surface area contributed by atoms with Crippen LogP contribution in [-0.2, 0) is 9.53 Å². The predicted octanol–water partition coefficient (Wildman–Crippen LogP) is 2.38. The van der Waals surface area contributed by atoms with E-state index in [4.69, 9.17) is 4.74 Å². The molecule has 2 rings (SSSR count). The van der Waals surface area contributed by atoms with E-state index < -0.39 is 0 Å². The molecule has 0 bridgehead atoms. The Balaban J connectivity index is 1.98. The third-order valence-corrected chi connectivity index (χ3v) is 3.74. The van der Waals surface area contributed by atoms with Crippen LogP contribution in [-0.4, -0.2) is 31.7 Å². The molecule has 0 aliphatic carbocycles. The van der Waals surface area contributed by atoms with Crippen molar-refractivity contribution in [1.82, 2.24) is 5.32 Å². The number of amides is 1. The molecular weight excluding hydrogens is 308 g/mol. The van der Waals surface area contributed by atoms with Gasteiger partial charge in [-0.05, 0) is 47.0 Å². The average molecular weight is 327 g/mol. The van der Waals surface area contributed by atoms with E-state index in [2.05, 4.69) is 32.6 Å². The highest BCUT2D eigenvalue weighted by atomic mass is 79.9. The lowest BCUT2D eigenvalue weighted by molar-refractivity contribution is -0.119. The van der Waals surface area contributed by atoms with E-state index in [1.54, 1.807) is 0 Å². The standard InChI is InChI=1S/C14H19BrN2O2/c1-9-5-10(2)14(12(15)6-9)17-13(18)7-11-8-16-3-4-19-11/h5-6,11,16H,3-4,7-8H2,1-2H3,(H,17,18). The van der Waals surface area contributed by atoms with Crippen LogP contribution in [0.5, 0.6) is 0 Å². The van der Waals surface area contributed by atoms with E-state index in [0.29, 0.717) is 13.0 Å². The third kappa shape index (κ3) is 4.03. The molecule has 0 radical (unpaired) electrons. The largest absolute Gasteiger partial charge is 0.375 e. The number of anilines is 1. The highest BCUT2D eigenvalue weighted by molar-refractivity contribution is 9.10. The molecule has 4 nitrogen and oxygen atoms in total. The zero-order valence-electron chi connectivity index (χ0n) is 11.3. The van der Waals surface area contributed by atoms with Crippen LogP contribution in [0.1, 0.15) is 17.5 Å². The Kier molecular flexibility index (Phi) is 4.96. The van der Waals surface area contributed by atoms with E-state index in [0.717, 1.165) is 28.8 Å². The molecule has 1 saturated heterocycles. The van der Waals surface area contributed by atoms with Crippen LogP contribution in [0.2, 0.25) is 0 Å². The molecule has 1 atom stereocenters. The van der Waals surface area contributed by atoms with Gasteiger partial charge in [0.15, 0.2) is 0 Å². The van der Waals surface area contributed by atoms with Crippen LogP contribution in [0.4, 0.5) is 5.69 Å². The number of carbonyl (C=O) groups excluding carboxylic acids is 1. The van der Waals surface area contributed by atoms with Crippen LogP contribution in [0, 0.1) is 13.8 Å². The fourth-order valence-electron chi connectivity index (χ4n) is 2.22. The number of hydrogen-bond acceptors (Lipinski definition) is 3. The van der Waals surface area contributed by atoms with Crippen molar-refractivity contribution >= 4 is 27.5 Å². The van der Waals surface area contributed by atoms with Crippen LogP contribution in [0.15, 0.2) is 16.6 Å². The van der Waals surface area contributed by atoms with Crippen molar-refractivity contribution in [2.24, 2.45) is 0 Å². The van der Waals surface area contributed by atoms with Gasteiger partial charge in [-0.1, -0.05) is 6.07 Å². The van der Waals surface area contributed by atoms with Gasteiger partial charge >= 0.3 is 0 Å². The normalized spacial score (nSPS) is 19.2. The molecule has 1 aromatic rings. The maximum Gasteiger partial charge on any atom is 0.227 e. The predicted molar refractivity (Wildman–Crippen MR) is 79.5 cm³/mol. The summed E-state index contributed by atoms with van der Waals surface area (Å²) in [6, 6.07) is 4.06. The number of rotatable bonds is 3. The number of ether oxygens (including phenoxy) is 1. The van der Waals surface area contributed by atoms with Crippen molar-refractivity contribution in [3.05, 3.63) is 27.7 Å². The summed E-state index contributed by atoms with van der Waals surface area (Å²) >= 11 is 3.49. The molecule has 1 aromatic carbocycles. The Morgan fingerprint density at radius 2 is 2.32 bits per heavy atom. The molecule has 1 aliphatic heterocycles. The number of nitrogens with one attached hydrogen (secondary N) is 2. The molecule has 0 aromatic heterocycles. The summed E-state index contributed by atoms with van der Waals surface area (Å²) in [5.74, 6) is -0.0126. The van der Waals surface area contributed by atoms with Crippen molar-refractivity contribution in [2.45, 2.75) is 26.4 Å². The van der Waals surface area contributed by atoms with Gasteiger partial charge in [0.05, 0.1) is 24.8 Å². The highest BCUT2D eigenvalue weighted by Crippen LogP contribution is 2.28. The van der Waals surface area contributed by atoms with E-state index in [-0.39, 0.29) is 12.0 Å². The first-order chi connectivity index (χ1) is 9.06. The Bertz CT molecular complexity index is 448. The molecule has 1 fully saturated rings. The van der Waals surface area contributed by atoms with Crippen molar-refractivity contribution in [3.8, 4) is 0 Å². The molecule has 1 heterocycles. The second-order valence-electron chi connectivity index (χ2n) is 4.89. The van der Waals surface area contributed by atoms with Crippen molar-refractivity contribution in [2.75, 3.05) is 25.0 Å². The minimum Gasteiger partial charge on any atom is -0.375 e. The molecule has 2 N–H and O–H groups in total. The molecule has 19 heavy (non-hydrogen) atoms. The van der Waals surface area contributed by atoms with Crippen LogP contribution in [0.25, 0.3) is 0 Å². The zero-order chi connectivity index (χ0) is 13.8. The molecule has 1 aliphatic rings. The summed E-state index contributed by atoms with van der Waals surface area (Å²) in [7, 11) is 0. The van der Waals surface area contributed by atoms with E-state index in [1.807, 2.05) is 19.9 Å². The Hall–Kier alpha value is -0.910. The van der Waals surface area contributed by atoms with Gasteiger partial charge in [0, 0.05) is 17.6 Å². The van der Waals surface area contributed by atoms with Crippen LogP contribution >= 0.6 is 15.9 Å². The second-order valence-corrected chi connectivity index (χ2v) is 5.74. The fraction of sp³-hybridized carbons (Fsp3) is 0.500. The topological polar surface area (TPSA) is 50.4 Å². The van der Waals surface area contributed by atoms with Crippen molar-refractivity contribution < 1.29 is 9.53 Å². The second kappa shape index (κ2) is 6.50. The Morgan fingerprint density at radius 3 is 2.95 bits per heavy atom. The summed E-state index contributed by atoms with van der Waals surface area (Å²) in [5.41, 5.74) is 3.07. The van der Waals surface area contributed by atoms with Gasteiger partial charge in [-0.15, -0.1) is 0 Å². The van der Waals surface area contributed by atoms with Crippen LogP contribution < -0.4 is 10.6 Å². The molecule has 1 unspecified atom stereocenters. The number of benzene rings is 1. The molecule has 0 saturated carbocycles. The van der Waals surface area contributed by atoms with Gasteiger partial charge < -0.3 is 15.4 Å². The summed E-state index contributed by atoms with van der Waals surface area (Å²) in [4.78, 5) is 12.0. The smallest absolute Gasteiger partial charge is 0.227 e. The minimum absolute atomic E-state index is 0.0126. The monoisotopic (exact) mass is 326 g/mol. The summed E-state index contributed by atoms with van der Waals surface area (Å²) in [5, 5.41) is 6.18. The maximum atomic E-state index is 12.0. The van der Waals surface area contributed by atoms with Gasteiger partial charge in [-0.3, -0.25) is 4.79 Å². The lowest BCUT2D eigenvalue weighted by atomic mass is 10.1. The van der Waals surface area contributed by atoms with Gasteiger partial charge in [-0.25, -0.2) is 0 Å². The first-order valence-electron chi connectivity index (χ1n) is 6.45. The lowest BCUT2D eigenvalue weighted by Crippen LogP contribution is -2.40. The summed E-state index contributed by atoms with van der Waals surface area (Å²) in [6.07, 6.45) is 0.352. The number of halogens is 1. The first-order valence-corrected chi connectivity index (χ1v) is 7.24. The molecule has 104 valence electrons. The quantitative estimate of drug-likeness (QED) is 0.896. The lowest BCUT2D eigenvalue weighted by Gasteiger charge is -2.23. The van der Waals surface area contributed by atoms with Crippen LogP contribution in [0.3, 0.4) is 0 Å². The number of carbonyl (C=O) groups is 1. The first kappa shape index (κ1) is 14.5. The minimum atomic E-state index is -0.0294. The SMILES string of the molecule is Cc1cc(C)c(NC(=O)CC2CNCCO2)c(Br)c1. The Morgan fingerprint density at radius 1 is 1.53 bits per heavy atom. The van der Waals surface area contributed by atoms with E-state index >= 15 is 0 Å². The molecule has 0 spiro atoms. The Labute approximate surface area is 122 Å². The van der Waals surface area contributed by atoms with Gasteiger partial charge in [0.2, 0.25) is 5.91 Å². The van der Waals surface area contributed by atoms with Crippen molar-refractivity contribution in [3.63, 3.8) is 0 Å². The number of aryl methyl sites for hydroxylation is 2. The number of morpholine rings is 1. The van der Waals surface area contributed by atoms with E-state index in [9.17, 15) is 4.79 Å².